The SMILES string of the molecule is Cc1cccc(C(F)(F)F)c1C(C)(C)CO. The van der Waals surface area contributed by atoms with E-state index in [1.807, 2.05) is 0 Å². The molecule has 0 heterocycles. The van der Waals surface area contributed by atoms with E-state index < -0.39 is 17.2 Å². The summed E-state index contributed by atoms with van der Waals surface area (Å²) in [5.41, 5.74) is -0.832. The quantitative estimate of drug-likeness (QED) is 0.829. The van der Waals surface area contributed by atoms with Crippen LogP contribution in [0.25, 0.3) is 0 Å². The molecule has 1 nitrogen and oxygen atoms in total. The highest BCUT2D eigenvalue weighted by Gasteiger charge is 2.38. The Morgan fingerprint density at radius 1 is 1.19 bits per heavy atom. The number of benzene rings is 1. The summed E-state index contributed by atoms with van der Waals surface area (Å²) < 4.78 is 38.4. The van der Waals surface area contributed by atoms with Gasteiger partial charge in [0.05, 0.1) is 12.2 Å². The van der Waals surface area contributed by atoms with Gasteiger partial charge in [-0.2, -0.15) is 13.2 Å². The molecule has 0 aliphatic heterocycles. The van der Waals surface area contributed by atoms with Crippen molar-refractivity contribution in [3.05, 3.63) is 34.9 Å². The third-order valence-electron chi connectivity index (χ3n) is 2.65. The minimum absolute atomic E-state index is 0.171. The molecule has 0 bridgehead atoms. The molecule has 0 aromatic heterocycles. The fourth-order valence-electron chi connectivity index (χ4n) is 1.88. The van der Waals surface area contributed by atoms with Gasteiger partial charge in [-0.3, -0.25) is 0 Å². The first-order valence-corrected chi connectivity index (χ1v) is 4.98. The summed E-state index contributed by atoms with van der Waals surface area (Å²) in [6.07, 6.45) is -4.38. The second kappa shape index (κ2) is 4.09. The Balaban J connectivity index is 3.48. The highest BCUT2D eigenvalue weighted by atomic mass is 19.4. The van der Waals surface area contributed by atoms with Crippen LogP contribution in [0.4, 0.5) is 13.2 Å². The van der Waals surface area contributed by atoms with E-state index in [1.54, 1.807) is 26.8 Å². The molecule has 0 spiro atoms. The molecule has 1 aromatic rings. The summed E-state index contributed by atoms with van der Waals surface area (Å²) in [5, 5.41) is 9.19. The van der Waals surface area contributed by atoms with Gasteiger partial charge in [0.25, 0.3) is 0 Å². The Labute approximate surface area is 92.9 Å². The van der Waals surface area contributed by atoms with Crippen LogP contribution in [0.5, 0.6) is 0 Å². The first-order chi connectivity index (χ1) is 7.20. The summed E-state index contributed by atoms with van der Waals surface area (Å²) >= 11 is 0. The second-order valence-corrected chi connectivity index (χ2v) is 4.54. The zero-order chi connectivity index (χ0) is 12.6. The fourth-order valence-corrected chi connectivity index (χ4v) is 1.88. The van der Waals surface area contributed by atoms with Crippen LogP contribution in [0.15, 0.2) is 18.2 Å². The largest absolute Gasteiger partial charge is 0.416 e. The van der Waals surface area contributed by atoms with Crippen LogP contribution in [0.1, 0.15) is 30.5 Å². The van der Waals surface area contributed by atoms with Crippen LogP contribution >= 0.6 is 0 Å². The topological polar surface area (TPSA) is 20.2 Å². The Kier molecular flexibility index (Phi) is 3.33. The van der Waals surface area contributed by atoms with E-state index >= 15 is 0 Å². The van der Waals surface area contributed by atoms with Crippen LogP contribution in [0, 0.1) is 6.92 Å². The van der Waals surface area contributed by atoms with Gasteiger partial charge in [0.15, 0.2) is 0 Å². The molecule has 0 fully saturated rings. The number of halogens is 3. The molecule has 0 unspecified atom stereocenters. The average molecular weight is 232 g/mol. The molecule has 1 aromatic carbocycles. The van der Waals surface area contributed by atoms with Crippen LogP contribution in [-0.4, -0.2) is 11.7 Å². The maximum absolute atomic E-state index is 12.8. The molecular formula is C12H15F3O. The van der Waals surface area contributed by atoms with Crippen molar-refractivity contribution in [2.24, 2.45) is 0 Å². The summed E-state index contributed by atoms with van der Waals surface area (Å²) in [4.78, 5) is 0. The highest BCUT2D eigenvalue weighted by Crippen LogP contribution is 2.38. The Morgan fingerprint density at radius 2 is 1.75 bits per heavy atom. The lowest BCUT2D eigenvalue weighted by Crippen LogP contribution is -2.27. The summed E-state index contributed by atoms with van der Waals surface area (Å²) in [6.45, 7) is 4.51. The predicted molar refractivity (Wildman–Crippen MR) is 56.3 cm³/mol. The van der Waals surface area contributed by atoms with E-state index in [4.69, 9.17) is 0 Å². The van der Waals surface area contributed by atoms with E-state index in [2.05, 4.69) is 0 Å². The van der Waals surface area contributed by atoms with Gasteiger partial charge in [0.2, 0.25) is 0 Å². The third-order valence-corrected chi connectivity index (χ3v) is 2.65. The summed E-state index contributed by atoms with van der Waals surface area (Å²) in [5.74, 6) is 0. The number of rotatable bonds is 2. The molecule has 0 aliphatic carbocycles. The van der Waals surface area contributed by atoms with E-state index in [0.29, 0.717) is 5.56 Å². The fraction of sp³-hybridized carbons (Fsp3) is 0.500. The van der Waals surface area contributed by atoms with Gasteiger partial charge < -0.3 is 5.11 Å². The number of aliphatic hydroxyl groups is 1. The van der Waals surface area contributed by atoms with Gasteiger partial charge in [-0.1, -0.05) is 26.0 Å². The zero-order valence-corrected chi connectivity index (χ0v) is 9.52. The first kappa shape index (κ1) is 13.0. The lowest BCUT2D eigenvalue weighted by Gasteiger charge is -2.28. The van der Waals surface area contributed by atoms with Crippen molar-refractivity contribution in [1.82, 2.24) is 0 Å². The van der Waals surface area contributed by atoms with Crippen molar-refractivity contribution in [2.75, 3.05) is 6.61 Å². The molecule has 1 rings (SSSR count). The molecule has 0 saturated carbocycles. The number of aliphatic hydroxyl groups excluding tert-OH is 1. The van der Waals surface area contributed by atoms with Crippen molar-refractivity contribution in [2.45, 2.75) is 32.4 Å². The molecule has 0 radical (unpaired) electrons. The number of hydrogen-bond donors (Lipinski definition) is 1. The normalized spacial score (nSPS) is 12.9. The minimum atomic E-state index is -4.38. The summed E-state index contributed by atoms with van der Waals surface area (Å²) in [6, 6.07) is 4.07. The van der Waals surface area contributed by atoms with E-state index in [1.165, 1.54) is 6.07 Å². The van der Waals surface area contributed by atoms with E-state index in [9.17, 15) is 18.3 Å². The van der Waals surface area contributed by atoms with E-state index in [0.717, 1.165) is 6.07 Å². The van der Waals surface area contributed by atoms with Crippen molar-refractivity contribution >= 4 is 0 Å². The number of aryl methyl sites for hydroxylation is 1. The van der Waals surface area contributed by atoms with Crippen molar-refractivity contribution < 1.29 is 18.3 Å². The van der Waals surface area contributed by atoms with Gasteiger partial charge in [-0.15, -0.1) is 0 Å². The molecule has 16 heavy (non-hydrogen) atoms. The second-order valence-electron chi connectivity index (χ2n) is 4.54. The summed E-state index contributed by atoms with van der Waals surface area (Å²) in [7, 11) is 0. The molecule has 0 atom stereocenters. The van der Waals surface area contributed by atoms with Crippen LogP contribution in [0.2, 0.25) is 0 Å². The Morgan fingerprint density at radius 3 is 2.19 bits per heavy atom. The molecule has 1 N–H and O–H groups in total. The van der Waals surface area contributed by atoms with Gasteiger partial charge in [-0.05, 0) is 24.1 Å². The van der Waals surface area contributed by atoms with E-state index in [-0.39, 0.29) is 12.2 Å². The maximum atomic E-state index is 12.8. The van der Waals surface area contributed by atoms with Gasteiger partial charge in [0, 0.05) is 5.41 Å². The van der Waals surface area contributed by atoms with Gasteiger partial charge >= 0.3 is 6.18 Å². The third kappa shape index (κ3) is 2.38. The zero-order valence-electron chi connectivity index (χ0n) is 9.52. The van der Waals surface area contributed by atoms with Crippen molar-refractivity contribution in [3.63, 3.8) is 0 Å². The highest BCUT2D eigenvalue weighted by molar-refractivity contribution is 5.41. The predicted octanol–water partition coefficient (Wildman–Crippen LogP) is 3.28. The van der Waals surface area contributed by atoms with Crippen molar-refractivity contribution in [3.8, 4) is 0 Å². The molecule has 90 valence electrons. The monoisotopic (exact) mass is 232 g/mol. The van der Waals surface area contributed by atoms with Gasteiger partial charge in [0.1, 0.15) is 0 Å². The lowest BCUT2D eigenvalue weighted by molar-refractivity contribution is -0.138. The number of alkyl halides is 3. The first-order valence-electron chi connectivity index (χ1n) is 4.98. The maximum Gasteiger partial charge on any atom is 0.416 e. The standard InChI is InChI=1S/C12H15F3O/c1-8-5-4-6-9(12(13,14)15)10(8)11(2,3)7-16/h4-6,16H,7H2,1-3H3. The molecule has 0 saturated heterocycles. The molecular weight excluding hydrogens is 217 g/mol. The smallest absolute Gasteiger partial charge is 0.395 e. The van der Waals surface area contributed by atoms with Crippen LogP contribution in [0.3, 0.4) is 0 Å². The Bertz CT molecular complexity index is 380. The van der Waals surface area contributed by atoms with Crippen molar-refractivity contribution in [1.29, 1.82) is 0 Å². The number of hydrogen-bond acceptors (Lipinski definition) is 1. The van der Waals surface area contributed by atoms with Crippen LogP contribution in [-0.2, 0) is 11.6 Å². The lowest BCUT2D eigenvalue weighted by atomic mass is 9.79. The molecule has 4 heteroatoms. The van der Waals surface area contributed by atoms with Gasteiger partial charge in [-0.25, -0.2) is 0 Å². The Hall–Kier alpha value is -1.03. The molecule has 0 amide bonds. The average Bonchev–Trinajstić information content (AvgIpc) is 2.15. The van der Waals surface area contributed by atoms with Crippen LogP contribution < -0.4 is 0 Å². The minimum Gasteiger partial charge on any atom is -0.395 e. The molecule has 0 aliphatic rings.